The molecule has 4 heteroatoms. The van der Waals surface area contributed by atoms with Crippen molar-refractivity contribution < 1.29 is 0 Å². The van der Waals surface area contributed by atoms with Crippen LogP contribution < -0.4 is 5.32 Å². The summed E-state index contributed by atoms with van der Waals surface area (Å²) in [6.45, 7) is 0. The van der Waals surface area contributed by atoms with E-state index in [0.717, 1.165) is 26.0 Å². The van der Waals surface area contributed by atoms with Crippen molar-refractivity contribution in [3.05, 3.63) is 75.4 Å². The lowest BCUT2D eigenvalue weighted by Gasteiger charge is -2.18. The van der Waals surface area contributed by atoms with E-state index in [4.69, 9.17) is 11.6 Å². The van der Waals surface area contributed by atoms with E-state index in [1.165, 1.54) is 5.56 Å². The molecule has 0 amide bonds. The van der Waals surface area contributed by atoms with Gasteiger partial charge in [0.15, 0.2) is 0 Å². The normalized spacial score (nSPS) is 12.5. The van der Waals surface area contributed by atoms with Gasteiger partial charge in [-0.25, -0.2) is 0 Å². The molecule has 0 aliphatic heterocycles. The molecule has 0 aliphatic rings. The van der Waals surface area contributed by atoms with Crippen molar-refractivity contribution in [1.29, 1.82) is 0 Å². The molecule has 1 unspecified atom stereocenters. The molecular formula is C17H14BrClN2. The van der Waals surface area contributed by atoms with Crippen LogP contribution in [0.3, 0.4) is 0 Å². The number of fused-ring (bicyclic) bond motifs is 1. The van der Waals surface area contributed by atoms with E-state index in [1.807, 2.05) is 31.4 Å². The fourth-order valence-electron chi connectivity index (χ4n) is 2.49. The van der Waals surface area contributed by atoms with E-state index in [2.05, 4.69) is 56.6 Å². The van der Waals surface area contributed by atoms with Gasteiger partial charge in [-0.1, -0.05) is 29.8 Å². The van der Waals surface area contributed by atoms with Gasteiger partial charge in [0.2, 0.25) is 0 Å². The zero-order chi connectivity index (χ0) is 14.8. The molecule has 0 saturated heterocycles. The van der Waals surface area contributed by atoms with Crippen molar-refractivity contribution >= 4 is 38.4 Å². The molecule has 2 nitrogen and oxygen atoms in total. The monoisotopic (exact) mass is 360 g/mol. The molecule has 0 aliphatic carbocycles. The average molecular weight is 362 g/mol. The topological polar surface area (TPSA) is 24.9 Å². The summed E-state index contributed by atoms with van der Waals surface area (Å²) in [6.07, 6.45) is 1.81. The van der Waals surface area contributed by atoms with Crippen LogP contribution in [0.5, 0.6) is 0 Å². The highest BCUT2D eigenvalue weighted by Gasteiger charge is 2.13. The Morgan fingerprint density at radius 2 is 1.86 bits per heavy atom. The van der Waals surface area contributed by atoms with Gasteiger partial charge in [-0.15, -0.1) is 0 Å². The van der Waals surface area contributed by atoms with E-state index in [1.54, 1.807) is 0 Å². The second-order valence-electron chi connectivity index (χ2n) is 4.85. The molecular weight excluding hydrogens is 348 g/mol. The van der Waals surface area contributed by atoms with Crippen molar-refractivity contribution in [3.63, 3.8) is 0 Å². The van der Waals surface area contributed by atoms with Gasteiger partial charge in [0, 0.05) is 16.1 Å². The third kappa shape index (κ3) is 2.95. The van der Waals surface area contributed by atoms with Crippen LogP contribution in [0.25, 0.3) is 10.9 Å². The molecule has 1 aromatic heterocycles. The number of rotatable bonds is 3. The van der Waals surface area contributed by atoms with Gasteiger partial charge < -0.3 is 5.32 Å². The van der Waals surface area contributed by atoms with Crippen LogP contribution in [0.4, 0.5) is 0 Å². The van der Waals surface area contributed by atoms with Crippen LogP contribution in [0, 0.1) is 0 Å². The summed E-state index contributed by atoms with van der Waals surface area (Å²) in [6, 6.07) is 16.5. The Labute approximate surface area is 137 Å². The van der Waals surface area contributed by atoms with Crippen molar-refractivity contribution in [2.75, 3.05) is 7.05 Å². The molecule has 2 aromatic carbocycles. The van der Waals surface area contributed by atoms with Crippen molar-refractivity contribution in [3.8, 4) is 0 Å². The number of nitrogens with one attached hydrogen (secondary N) is 1. The number of nitrogens with zero attached hydrogens (tertiary/aromatic N) is 1. The highest BCUT2D eigenvalue weighted by molar-refractivity contribution is 9.10. The maximum absolute atomic E-state index is 6.08. The smallest absolute Gasteiger partial charge is 0.0702 e. The van der Waals surface area contributed by atoms with E-state index in [9.17, 15) is 0 Å². The molecule has 0 bridgehead atoms. The fraction of sp³-hybridized carbons (Fsp3) is 0.118. The first-order valence-electron chi connectivity index (χ1n) is 6.66. The van der Waals surface area contributed by atoms with Gasteiger partial charge in [-0.05, 0) is 64.4 Å². The number of halogens is 2. The van der Waals surface area contributed by atoms with Crippen LogP contribution >= 0.6 is 27.5 Å². The van der Waals surface area contributed by atoms with Crippen LogP contribution in [-0.4, -0.2) is 12.0 Å². The second-order valence-corrected chi connectivity index (χ2v) is 6.11. The lowest BCUT2D eigenvalue weighted by atomic mass is 9.97. The predicted molar refractivity (Wildman–Crippen MR) is 91.8 cm³/mol. The molecule has 0 radical (unpaired) electrons. The molecule has 21 heavy (non-hydrogen) atoms. The van der Waals surface area contributed by atoms with Crippen LogP contribution in [0.1, 0.15) is 17.2 Å². The molecule has 1 atom stereocenters. The fourth-order valence-corrected chi connectivity index (χ4v) is 3.01. The highest BCUT2D eigenvalue weighted by atomic mass is 79.9. The van der Waals surface area contributed by atoms with Crippen molar-refractivity contribution in [2.45, 2.75) is 6.04 Å². The first-order chi connectivity index (χ1) is 10.2. The molecule has 0 fully saturated rings. The largest absolute Gasteiger partial charge is 0.309 e. The average Bonchev–Trinajstić information content (AvgIpc) is 2.51. The Morgan fingerprint density at radius 1 is 1.10 bits per heavy atom. The van der Waals surface area contributed by atoms with Crippen LogP contribution in [0.2, 0.25) is 5.02 Å². The summed E-state index contributed by atoms with van der Waals surface area (Å²) in [5.74, 6) is 0. The number of aromatic nitrogens is 1. The minimum atomic E-state index is 0.114. The van der Waals surface area contributed by atoms with Gasteiger partial charge in [0.05, 0.1) is 16.6 Å². The summed E-state index contributed by atoms with van der Waals surface area (Å²) >= 11 is 9.56. The summed E-state index contributed by atoms with van der Waals surface area (Å²) in [5.41, 5.74) is 3.37. The second kappa shape index (κ2) is 6.14. The molecule has 1 heterocycles. The Kier molecular flexibility index (Phi) is 4.24. The molecule has 3 aromatic rings. The van der Waals surface area contributed by atoms with E-state index in [0.29, 0.717) is 0 Å². The molecule has 0 saturated carbocycles. The minimum absolute atomic E-state index is 0.114. The lowest BCUT2D eigenvalue weighted by molar-refractivity contribution is 0.692. The Hall–Kier alpha value is -1.42. The minimum Gasteiger partial charge on any atom is -0.309 e. The zero-order valence-electron chi connectivity index (χ0n) is 11.5. The third-order valence-electron chi connectivity index (χ3n) is 3.53. The number of hydrogen-bond donors (Lipinski definition) is 1. The number of benzene rings is 2. The Bertz CT molecular complexity index is 789. The first kappa shape index (κ1) is 14.5. The molecule has 3 rings (SSSR count). The van der Waals surface area contributed by atoms with Gasteiger partial charge in [0.25, 0.3) is 0 Å². The van der Waals surface area contributed by atoms with Crippen molar-refractivity contribution in [2.24, 2.45) is 0 Å². The summed E-state index contributed by atoms with van der Waals surface area (Å²) < 4.78 is 0.907. The highest BCUT2D eigenvalue weighted by Crippen LogP contribution is 2.30. The SMILES string of the molecule is CNC(c1ccc(Cl)c(Br)c1)c1ccc2ncccc2c1. The third-order valence-corrected chi connectivity index (χ3v) is 4.74. The number of pyridine rings is 1. The van der Waals surface area contributed by atoms with Crippen molar-refractivity contribution in [1.82, 2.24) is 10.3 Å². The van der Waals surface area contributed by atoms with E-state index < -0.39 is 0 Å². The van der Waals surface area contributed by atoms with Gasteiger partial charge in [0.1, 0.15) is 0 Å². The molecule has 106 valence electrons. The standard InChI is InChI=1S/C17H14BrClN2/c1-20-17(13-4-6-15(19)14(18)10-13)12-5-7-16-11(9-12)3-2-8-21-16/h2-10,17,20H,1H3. The quantitative estimate of drug-likeness (QED) is 0.713. The summed E-state index contributed by atoms with van der Waals surface area (Å²) in [4.78, 5) is 4.36. The van der Waals surface area contributed by atoms with Gasteiger partial charge in [-0.3, -0.25) is 4.98 Å². The molecule has 1 N–H and O–H groups in total. The van der Waals surface area contributed by atoms with Gasteiger partial charge in [-0.2, -0.15) is 0 Å². The molecule has 0 spiro atoms. The van der Waals surface area contributed by atoms with E-state index in [-0.39, 0.29) is 6.04 Å². The Balaban J connectivity index is 2.06. The predicted octanol–water partition coefficient (Wildman–Crippen LogP) is 4.96. The van der Waals surface area contributed by atoms with E-state index >= 15 is 0 Å². The van der Waals surface area contributed by atoms with Gasteiger partial charge >= 0.3 is 0 Å². The number of hydrogen-bond acceptors (Lipinski definition) is 2. The maximum Gasteiger partial charge on any atom is 0.0702 e. The lowest BCUT2D eigenvalue weighted by Crippen LogP contribution is -2.17. The summed E-state index contributed by atoms with van der Waals surface area (Å²) in [5, 5.41) is 5.22. The van der Waals surface area contributed by atoms with Crippen LogP contribution in [-0.2, 0) is 0 Å². The maximum atomic E-state index is 6.08. The van der Waals surface area contributed by atoms with Crippen LogP contribution in [0.15, 0.2) is 59.2 Å². The zero-order valence-corrected chi connectivity index (χ0v) is 13.8. The summed E-state index contributed by atoms with van der Waals surface area (Å²) in [7, 11) is 1.96. The Morgan fingerprint density at radius 3 is 2.62 bits per heavy atom. The first-order valence-corrected chi connectivity index (χ1v) is 7.83.